The highest BCUT2D eigenvalue weighted by Crippen LogP contribution is 2.40. The van der Waals surface area contributed by atoms with Crippen LogP contribution in [0.1, 0.15) is 40.2 Å². The molecule has 0 aromatic heterocycles. The summed E-state index contributed by atoms with van der Waals surface area (Å²) in [5.41, 5.74) is 1.30. The zero-order valence-corrected chi connectivity index (χ0v) is 12.8. The van der Waals surface area contributed by atoms with Crippen LogP contribution in [0.5, 0.6) is 5.75 Å². The normalized spacial score (nSPS) is 13.8. The predicted molar refractivity (Wildman–Crippen MR) is 82.6 cm³/mol. The highest BCUT2D eigenvalue weighted by Gasteiger charge is 2.24. The van der Waals surface area contributed by atoms with Gasteiger partial charge in [-0.25, -0.2) is 4.39 Å². The van der Waals surface area contributed by atoms with Crippen LogP contribution in [-0.2, 0) is 6.54 Å². The molecule has 3 rings (SSSR count). The van der Waals surface area contributed by atoms with Crippen LogP contribution in [0, 0.1) is 5.82 Å². The SMILES string of the molecule is O=C(NCc1ccc(C2CC2)cc1F)c1ccccc1OC(F)F. The van der Waals surface area contributed by atoms with Crippen molar-refractivity contribution >= 4 is 5.91 Å². The van der Waals surface area contributed by atoms with E-state index in [0.717, 1.165) is 18.4 Å². The average Bonchev–Trinajstić information content (AvgIpc) is 3.38. The first-order chi connectivity index (χ1) is 11.5. The molecule has 0 radical (unpaired) electrons. The van der Waals surface area contributed by atoms with E-state index in [1.807, 2.05) is 6.07 Å². The molecule has 0 atom stereocenters. The van der Waals surface area contributed by atoms with Gasteiger partial charge in [0.1, 0.15) is 11.6 Å². The summed E-state index contributed by atoms with van der Waals surface area (Å²) < 4.78 is 43.1. The van der Waals surface area contributed by atoms with Gasteiger partial charge < -0.3 is 10.1 Å². The van der Waals surface area contributed by atoms with Gasteiger partial charge in [0.05, 0.1) is 5.56 Å². The van der Waals surface area contributed by atoms with Crippen molar-refractivity contribution in [2.75, 3.05) is 0 Å². The highest BCUT2D eigenvalue weighted by molar-refractivity contribution is 5.96. The van der Waals surface area contributed by atoms with Crippen LogP contribution in [0.3, 0.4) is 0 Å². The summed E-state index contributed by atoms with van der Waals surface area (Å²) in [4.78, 5) is 12.2. The molecular weight excluding hydrogens is 319 g/mol. The minimum Gasteiger partial charge on any atom is -0.434 e. The first-order valence-corrected chi connectivity index (χ1v) is 7.65. The van der Waals surface area contributed by atoms with Crippen LogP contribution in [0.25, 0.3) is 0 Å². The molecule has 2 aromatic carbocycles. The van der Waals surface area contributed by atoms with Gasteiger partial charge in [-0.05, 0) is 42.5 Å². The molecule has 2 aromatic rings. The molecule has 6 heteroatoms. The molecule has 1 amide bonds. The average molecular weight is 335 g/mol. The zero-order chi connectivity index (χ0) is 17.1. The number of halogens is 3. The van der Waals surface area contributed by atoms with Gasteiger partial charge >= 0.3 is 6.61 Å². The Labute approximate surface area is 137 Å². The van der Waals surface area contributed by atoms with Crippen LogP contribution in [0.15, 0.2) is 42.5 Å². The monoisotopic (exact) mass is 335 g/mol. The lowest BCUT2D eigenvalue weighted by Crippen LogP contribution is -2.24. The van der Waals surface area contributed by atoms with Crippen LogP contribution in [-0.4, -0.2) is 12.5 Å². The van der Waals surface area contributed by atoms with Gasteiger partial charge in [-0.2, -0.15) is 8.78 Å². The molecule has 126 valence electrons. The molecule has 0 heterocycles. The van der Waals surface area contributed by atoms with Crippen molar-refractivity contribution in [1.82, 2.24) is 5.32 Å². The number of amides is 1. The fourth-order valence-electron chi connectivity index (χ4n) is 2.50. The lowest BCUT2D eigenvalue weighted by molar-refractivity contribution is -0.0501. The Morgan fingerprint density at radius 1 is 1.21 bits per heavy atom. The molecule has 0 unspecified atom stereocenters. The van der Waals surface area contributed by atoms with E-state index in [0.29, 0.717) is 11.5 Å². The Bertz CT molecular complexity index is 745. The molecule has 0 bridgehead atoms. The third kappa shape index (κ3) is 3.88. The third-order valence-electron chi connectivity index (χ3n) is 3.91. The lowest BCUT2D eigenvalue weighted by Gasteiger charge is -2.11. The van der Waals surface area contributed by atoms with E-state index in [4.69, 9.17) is 0 Å². The number of carbonyl (C=O) groups is 1. The minimum absolute atomic E-state index is 0.0205. The number of rotatable bonds is 6. The third-order valence-corrected chi connectivity index (χ3v) is 3.91. The summed E-state index contributed by atoms with van der Waals surface area (Å²) >= 11 is 0. The maximum absolute atomic E-state index is 14.1. The van der Waals surface area contributed by atoms with Gasteiger partial charge in [-0.3, -0.25) is 4.79 Å². The van der Waals surface area contributed by atoms with Crippen molar-refractivity contribution in [3.8, 4) is 5.75 Å². The molecule has 3 nitrogen and oxygen atoms in total. The topological polar surface area (TPSA) is 38.3 Å². The zero-order valence-electron chi connectivity index (χ0n) is 12.8. The van der Waals surface area contributed by atoms with Crippen molar-refractivity contribution in [2.24, 2.45) is 0 Å². The number of benzene rings is 2. The summed E-state index contributed by atoms with van der Waals surface area (Å²) in [7, 11) is 0. The van der Waals surface area contributed by atoms with E-state index < -0.39 is 12.5 Å². The van der Waals surface area contributed by atoms with E-state index in [1.54, 1.807) is 6.07 Å². The number of hydrogen-bond acceptors (Lipinski definition) is 2. The summed E-state index contributed by atoms with van der Waals surface area (Å²) in [5, 5.41) is 2.53. The van der Waals surface area contributed by atoms with Crippen molar-refractivity contribution in [3.63, 3.8) is 0 Å². The standard InChI is InChI=1S/C18H16F3NO2/c19-15-9-12(11-5-6-11)7-8-13(15)10-22-17(23)14-3-1-2-4-16(14)24-18(20)21/h1-4,7-9,11,18H,5-6,10H2,(H,22,23). The molecule has 1 aliphatic carbocycles. The first kappa shape index (κ1) is 16.4. The molecule has 1 fully saturated rings. The van der Waals surface area contributed by atoms with Crippen molar-refractivity contribution in [3.05, 3.63) is 65.0 Å². The summed E-state index contributed by atoms with van der Waals surface area (Å²) in [6, 6.07) is 10.7. The maximum Gasteiger partial charge on any atom is 0.387 e. The summed E-state index contributed by atoms with van der Waals surface area (Å²) in [6.45, 7) is -3.05. The summed E-state index contributed by atoms with van der Waals surface area (Å²) in [5.74, 6) is -0.746. The Balaban J connectivity index is 1.67. The largest absolute Gasteiger partial charge is 0.434 e. The van der Waals surface area contributed by atoms with E-state index in [2.05, 4.69) is 10.1 Å². The van der Waals surface area contributed by atoms with Gasteiger partial charge in [-0.1, -0.05) is 24.3 Å². The molecule has 0 saturated heterocycles. The van der Waals surface area contributed by atoms with Crippen molar-refractivity contribution < 1.29 is 22.7 Å². The molecule has 0 spiro atoms. The second kappa shape index (κ2) is 6.95. The fourth-order valence-corrected chi connectivity index (χ4v) is 2.50. The Hall–Kier alpha value is -2.50. The smallest absolute Gasteiger partial charge is 0.387 e. The van der Waals surface area contributed by atoms with Crippen LogP contribution in [0.2, 0.25) is 0 Å². The maximum atomic E-state index is 14.1. The molecular formula is C18H16F3NO2. The van der Waals surface area contributed by atoms with Crippen LogP contribution >= 0.6 is 0 Å². The van der Waals surface area contributed by atoms with E-state index >= 15 is 0 Å². The molecule has 1 aliphatic rings. The van der Waals surface area contributed by atoms with Gasteiger partial charge in [0.2, 0.25) is 0 Å². The van der Waals surface area contributed by atoms with E-state index in [9.17, 15) is 18.0 Å². The molecule has 1 N–H and O–H groups in total. The Morgan fingerprint density at radius 2 is 1.96 bits per heavy atom. The molecule has 24 heavy (non-hydrogen) atoms. The summed E-state index contributed by atoms with van der Waals surface area (Å²) in [6.07, 6.45) is 2.16. The Kier molecular flexibility index (Phi) is 4.74. The number of alkyl halides is 2. The van der Waals surface area contributed by atoms with E-state index in [1.165, 1.54) is 30.3 Å². The second-order valence-electron chi connectivity index (χ2n) is 5.68. The number of carbonyl (C=O) groups excluding carboxylic acids is 1. The predicted octanol–water partition coefficient (Wildman–Crippen LogP) is 4.23. The van der Waals surface area contributed by atoms with Gasteiger partial charge in [0, 0.05) is 12.1 Å². The first-order valence-electron chi connectivity index (χ1n) is 7.65. The van der Waals surface area contributed by atoms with Gasteiger partial charge in [0.25, 0.3) is 5.91 Å². The second-order valence-corrected chi connectivity index (χ2v) is 5.68. The Morgan fingerprint density at radius 3 is 2.62 bits per heavy atom. The van der Waals surface area contributed by atoms with E-state index in [-0.39, 0.29) is 23.7 Å². The lowest BCUT2D eigenvalue weighted by atomic mass is 10.1. The number of para-hydroxylation sites is 1. The number of hydrogen-bond donors (Lipinski definition) is 1. The molecule has 1 saturated carbocycles. The van der Waals surface area contributed by atoms with Crippen molar-refractivity contribution in [2.45, 2.75) is 31.9 Å². The van der Waals surface area contributed by atoms with Crippen LogP contribution in [0.4, 0.5) is 13.2 Å². The number of ether oxygens (including phenoxy) is 1. The van der Waals surface area contributed by atoms with Gasteiger partial charge in [-0.15, -0.1) is 0 Å². The molecule has 0 aliphatic heterocycles. The quantitative estimate of drug-likeness (QED) is 0.858. The van der Waals surface area contributed by atoms with Crippen LogP contribution < -0.4 is 10.1 Å². The fraction of sp³-hybridized carbons (Fsp3) is 0.278. The van der Waals surface area contributed by atoms with Gasteiger partial charge in [0.15, 0.2) is 0 Å². The van der Waals surface area contributed by atoms with Crippen molar-refractivity contribution in [1.29, 1.82) is 0 Å². The highest BCUT2D eigenvalue weighted by atomic mass is 19.3. The minimum atomic E-state index is -3.02. The number of nitrogens with one attached hydrogen (secondary N) is 1.